The fourth-order valence-electron chi connectivity index (χ4n) is 3.61. The van der Waals surface area contributed by atoms with Gasteiger partial charge in [-0.1, -0.05) is 41.9 Å². The lowest BCUT2D eigenvalue weighted by atomic mass is 9.98. The van der Waals surface area contributed by atoms with Crippen molar-refractivity contribution in [2.24, 2.45) is 0 Å². The second-order valence-corrected chi connectivity index (χ2v) is 7.48. The third-order valence-electron chi connectivity index (χ3n) is 5.12. The van der Waals surface area contributed by atoms with E-state index in [1.165, 1.54) is 4.90 Å². The number of benzene rings is 2. The van der Waals surface area contributed by atoms with Crippen molar-refractivity contribution in [1.29, 1.82) is 0 Å². The number of amides is 1. The van der Waals surface area contributed by atoms with Gasteiger partial charge in [0.05, 0.1) is 18.4 Å². The third-order valence-corrected chi connectivity index (χ3v) is 5.35. The molecule has 156 valence electrons. The second-order valence-electron chi connectivity index (χ2n) is 7.04. The molecule has 1 saturated heterocycles. The van der Waals surface area contributed by atoms with E-state index in [9.17, 15) is 14.7 Å². The van der Waals surface area contributed by atoms with Gasteiger partial charge in [0.2, 0.25) is 0 Å². The van der Waals surface area contributed by atoms with Crippen molar-refractivity contribution in [2.75, 3.05) is 7.11 Å². The van der Waals surface area contributed by atoms with E-state index in [4.69, 9.17) is 16.3 Å². The third kappa shape index (κ3) is 4.02. The van der Waals surface area contributed by atoms with Crippen LogP contribution in [0.5, 0.6) is 5.75 Å². The van der Waals surface area contributed by atoms with Crippen molar-refractivity contribution in [3.8, 4) is 5.75 Å². The Labute approximate surface area is 184 Å². The number of ketones is 1. The van der Waals surface area contributed by atoms with E-state index >= 15 is 0 Å². The number of methoxy groups -OCH3 is 1. The molecule has 3 aromatic rings. The van der Waals surface area contributed by atoms with Gasteiger partial charge < -0.3 is 14.7 Å². The molecule has 4 rings (SSSR count). The average Bonchev–Trinajstić information content (AvgIpc) is 3.04. The van der Waals surface area contributed by atoms with Crippen LogP contribution in [0.1, 0.15) is 22.9 Å². The number of likely N-dealkylation sites (tertiary alicyclic amines) is 1. The summed E-state index contributed by atoms with van der Waals surface area (Å²) in [6.07, 6.45) is 1.59. The number of aliphatic hydroxyl groups is 1. The highest BCUT2D eigenvalue weighted by atomic mass is 35.5. The number of ether oxygens (including phenoxy) is 1. The summed E-state index contributed by atoms with van der Waals surface area (Å²) < 4.78 is 5.18. The molecular weight excluding hydrogens is 416 g/mol. The molecule has 2 heterocycles. The Kier molecular flexibility index (Phi) is 5.73. The fourth-order valence-corrected chi connectivity index (χ4v) is 3.80. The lowest BCUT2D eigenvalue weighted by Gasteiger charge is -2.24. The van der Waals surface area contributed by atoms with Gasteiger partial charge in [-0.05, 0) is 42.0 Å². The molecule has 2 aromatic carbocycles. The van der Waals surface area contributed by atoms with E-state index in [1.54, 1.807) is 67.9 Å². The SMILES string of the molecule is COc1ccc(CN2C(=O)C(=O)/C(=C(\O)c3cccc(Cl)c3)C2c2ccccn2)cc1. The van der Waals surface area contributed by atoms with Crippen molar-refractivity contribution < 1.29 is 19.4 Å². The zero-order valence-electron chi connectivity index (χ0n) is 16.7. The van der Waals surface area contributed by atoms with Crippen LogP contribution in [-0.4, -0.2) is 33.8 Å². The first kappa shape index (κ1) is 20.6. The van der Waals surface area contributed by atoms with E-state index in [0.717, 1.165) is 5.56 Å². The molecule has 1 aromatic heterocycles. The molecule has 1 fully saturated rings. The molecule has 1 N–H and O–H groups in total. The molecule has 7 heteroatoms. The summed E-state index contributed by atoms with van der Waals surface area (Å²) in [7, 11) is 1.57. The van der Waals surface area contributed by atoms with E-state index in [0.29, 0.717) is 22.0 Å². The standard InChI is InChI=1S/C24H19ClN2O4/c1-31-18-10-8-15(9-11-18)14-27-21(19-7-2-3-12-26-19)20(23(29)24(27)30)22(28)16-5-4-6-17(25)13-16/h2-13,21,28H,14H2,1H3/b22-20-. The number of Topliss-reactive ketones (excluding diaryl/α,β-unsaturated/α-hetero) is 1. The Morgan fingerprint density at radius 3 is 2.52 bits per heavy atom. The zero-order chi connectivity index (χ0) is 22.0. The van der Waals surface area contributed by atoms with Crippen LogP contribution in [0.2, 0.25) is 5.02 Å². The largest absolute Gasteiger partial charge is 0.507 e. The van der Waals surface area contributed by atoms with Crippen molar-refractivity contribution in [2.45, 2.75) is 12.6 Å². The van der Waals surface area contributed by atoms with Crippen LogP contribution in [0.4, 0.5) is 0 Å². The van der Waals surface area contributed by atoms with Gasteiger partial charge in [-0.2, -0.15) is 0 Å². The van der Waals surface area contributed by atoms with Crippen LogP contribution in [0.25, 0.3) is 5.76 Å². The normalized spacial score (nSPS) is 17.7. The maximum Gasteiger partial charge on any atom is 0.296 e. The smallest absolute Gasteiger partial charge is 0.296 e. The summed E-state index contributed by atoms with van der Waals surface area (Å²) in [5.41, 5.74) is 1.64. The van der Waals surface area contributed by atoms with E-state index in [1.807, 2.05) is 12.1 Å². The van der Waals surface area contributed by atoms with Crippen LogP contribution in [0.15, 0.2) is 78.5 Å². The minimum absolute atomic E-state index is 0.0144. The van der Waals surface area contributed by atoms with E-state index in [-0.39, 0.29) is 17.9 Å². The maximum absolute atomic E-state index is 13.0. The first-order chi connectivity index (χ1) is 15.0. The lowest BCUT2D eigenvalue weighted by Crippen LogP contribution is -2.29. The Hall–Kier alpha value is -3.64. The maximum atomic E-state index is 13.0. The first-order valence-electron chi connectivity index (χ1n) is 9.58. The van der Waals surface area contributed by atoms with E-state index in [2.05, 4.69) is 4.98 Å². The molecule has 0 spiro atoms. The predicted octanol–water partition coefficient (Wildman–Crippen LogP) is 4.37. The van der Waals surface area contributed by atoms with Crippen LogP contribution < -0.4 is 4.74 Å². The molecule has 1 amide bonds. The molecule has 1 aliphatic rings. The highest BCUT2D eigenvalue weighted by Gasteiger charge is 2.46. The van der Waals surface area contributed by atoms with Crippen molar-refractivity contribution in [1.82, 2.24) is 9.88 Å². The van der Waals surface area contributed by atoms with Gasteiger partial charge in [0, 0.05) is 23.3 Å². The van der Waals surface area contributed by atoms with Crippen molar-refractivity contribution in [3.63, 3.8) is 0 Å². The molecule has 31 heavy (non-hydrogen) atoms. The van der Waals surface area contributed by atoms with Crippen LogP contribution in [0, 0.1) is 0 Å². The number of hydrogen-bond donors (Lipinski definition) is 1. The minimum Gasteiger partial charge on any atom is -0.507 e. The summed E-state index contributed by atoms with van der Waals surface area (Å²) >= 11 is 6.06. The van der Waals surface area contributed by atoms with Gasteiger partial charge in [0.1, 0.15) is 17.6 Å². The highest BCUT2D eigenvalue weighted by Crippen LogP contribution is 2.39. The van der Waals surface area contributed by atoms with Crippen LogP contribution in [-0.2, 0) is 16.1 Å². The summed E-state index contributed by atoms with van der Waals surface area (Å²) in [6, 6.07) is 18.1. The molecule has 1 atom stereocenters. The van der Waals surface area contributed by atoms with Gasteiger partial charge in [-0.3, -0.25) is 14.6 Å². The Morgan fingerprint density at radius 2 is 1.87 bits per heavy atom. The topological polar surface area (TPSA) is 79.7 Å². The molecule has 0 bridgehead atoms. The fraction of sp³-hybridized carbons (Fsp3) is 0.125. The number of carbonyl (C=O) groups is 2. The second kappa shape index (κ2) is 8.62. The molecule has 1 unspecified atom stereocenters. The monoisotopic (exact) mass is 434 g/mol. The molecular formula is C24H19ClN2O4. The molecule has 0 saturated carbocycles. The number of halogens is 1. The summed E-state index contributed by atoms with van der Waals surface area (Å²) in [5.74, 6) is -1.06. The quantitative estimate of drug-likeness (QED) is 0.366. The minimum atomic E-state index is -0.831. The van der Waals surface area contributed by atoms with Crippen LogP contribution >= 0.6 is 11.6 Å². The molecule has 6 nitrogen and oxygen atoms in total. The molecule has 0 aliphatic carbocycles. The first-order valence-corrected chi connectivity index (χ1v) is 9.95. The molecule has 1 aliphatic heterocycles. The zero-order valence-corrected chi connectivity index (χ0v) is 17.4. The van der Waals surface area contributed by atoms with Gasteiger partial charge in [0.25, 0.3) is 11.7 Å². The number of aromatic nitrogens is 1. The lowest BCUT2D eigenvalue weighted by molar-refractivity contribution is -0.140. The number of carbonyl (C=O) groups excluding carboxylic acids is 2. The number of pyridine rings is 1. The number of nitrogens with zero attached hydrogens (tertiary/aromatic N) is 2. The van der Waals surface area contributed by atoms with Crippen LogP contribution in [0.3, 0.4) is 0 Å². The van der Waals surface area contributed by atoms with E-state index < -0.39 is 17.7 Å². The summed E-state index contributed by atoms with van der Waals surface area (Å²) in [5, 5.41) is 11.4. The number of rotatable bonds is 5. The number of hydrogen-bond acceptors (Lipinski definition) is 5. The Morgan fingerprint density at radius 1 is 1.10 bits per heavy atom. The van der Waals surface area contributed by atoms with Crippen molar-refractivity contribution in [3.05, 3.63) is 100 Å². The Balaban J connectivity index is 1.82. The van der Waals surface area contributed by atoms with Gasteiger partial charge in [-0.25, -0.2) is 0 Å². The summed E-state index contributed by atoms with van der Waals surface area (Å²) in [6.45, 7) is 0.169. The van der Waals surface area contributed by atoms with Crippen molar-refractivity contribution >= 4 is 29.1 Å². The number of aliphatic hydroxyl groups excluding tert-OH is 1. The van der Waals surface area contributed by atoms with Gasteiger partial charge in [-0.15, -0.1) is 0 Å². The van der Waals surface area contributed by atoms with Gasteiger partial charge >= 0.3 is 0 Å². The average molecular weight is 435 g/mol. The molecule has 0 radical (unpaired) electrons. The summed E-state index contributed by atoms with van der Waals surface area (Å²) in [4.78, 5) is 31.8. The Bertz CT molecular complexity index is 1160. The predicted molar refractivity (Wildman–Crippen MR) is 117 cm³/mol. The van der Waals surface area contributed by atoms with Gasteiger partial charge in [0.15, 0.2) is 0 Å². The highest BCUT2D eigenvalue weighted by molar-refractivity contribution is 6.46.